The SMILES string of the molecule is C=COOOC=C.CCCC. The molecule has 0 unspecified atom stereocenters. The standard InChI is InChI=1S/C4H6O3.C4H10/c1-3-5-7-6-4-2;1-3-4-2/h3-4H,1-2H2;3-4H2,1-2H3. The summed E-state index contributed by atoms with van der Waals surface area (Å²) in [5, 5.41) is 3.90. The first-order chi connectivity index (χ1) is 5.33. The second-order valence-electron chi connectivity index (χ2n) is 1.59. The van der Waals surface area contributed by atoms with Crippen molar-refractivity contribution < 1.29 is 14.8 Å². The number of rotatable bonds is 5. The molecular weight excluding hydrogens is 144 g/mol. The second kappa shape index (κ2) is 16.0. The summed E-state index contributed by atoms with van der Waals surface area (Å²) in [5.41, 5.74) is 0. The molecule has 66 valence electrons. The van der Waals surface area contributed by atoms with Crippen LogP contribution in [0, 0.1) is 0 Å². The van der Waals surface area contributed by atoms with Crippen LogP contribution in [0.1, 0.15) is 26.7 Å². The van der Waals surface area contributed by atoms with Gasteiger partial charge in [-0.05, 0) is 0 Å². The van der Waals surface area contributed by atoms with E-state index >= 15 is 0 Å². The Morgan fingerprint density at radius 2 is 1.36 bits per heavy atom. The molecule has 3 heteroatoms. The summed E-state index contributed by atoms with van der Waals surface area (Å²) in [6.45, 7) is 10.7. The lowest BCUT2D eigenvalue weighted by molar-refractivity contribution is -0.464. The number of hydrogen-bond acceptors (Lipinski definition) is 3. The molecule has 0 aliphatic heterocycles. The smallest absolute Gasteiger partial charge is 0.126 e. The molecule has 0 amide bonds. The fraction of sp³-hybridized carbons (Fsp3) is 0.500. The molecule has 0 aliphatic carbocycles. The lowest BCUT2D eigenvalue weighted by Gasteiger charge is -1.90. The van der Waals surface area contributed by atoms with Crippen LogP contribution in [0.25, 0.3) is 0 Å². The molecule has 0 radical (unpaired) electrons. The predicted molar refractivity (Wildman–Crippen MR) is 44.2 cm³/mol. The maximum absolute atomic E-state index is 4.04. The number of unbranched alkanes of at least 4 members (excludes halogenated alkanes) is 1. The summed E-state index contributed by atoms with van der Waals surface area (Å²) in [6.07, 6.45) is 4.81. The molecule has 11 heavy (non-hydrogen) atoms. The Morgan fingerprint density at radius 1 is 1.00 bits per heavy atom. The Hall–Kier alpha value is -0.960. The van der Waals surface area contributed by atoms with Gasteiger partial charge in [0.2, 0.25) is 0 Å². The summed E-state index contributed by atoms with van der Waals surface area (Å²) in [5.74, 6) is 0. The van der Waals surface area contributed by atoms with E-state index in [-0.39, 0.29) is 0 Å². The van der Waals surface area contributed by atoms with Crippen LogP contribution in [0.15, 0.2) is 25.7 Å². The molecule has 0 fully saturated rings. The van der Waals surface area contributed by atoms with Crippen LogP contribution in [0.5, 0.6) is 0 Å². The molecular formula is C8H16O3. The predicted octanol–water partition coefficient (Wildman–Crippen LogP) is 2.96. The fourth-order valence-electron chi connectivity index (χ4n) is 0.0782. The zero-order valence-electron chi connectivity index (χ0n) is 7.21. The van der Waals surface area contributed by atoms with Gasteiger partial charge in [-0.25, -0.2) is 0 Å². The van der Waals surface area contributed by atoms with Gasteiger partial charge >= 0.3 is 0 Å². The molecule has 0 aliphatic rings. The second-order valence-corrected chi connectivity index (χ2v) is 1.59. The average Bonchev–Trinajstić information content (AvgIpc) is 2.06. The molecule has 3 nitrogen and oxygen atoms in total. The molecule has 0 aromatic heterocycles. The quantitative estimate of drug-likeness (QED) is 0.268. The molecule has 0 spiro atoms. The van der Waals surface area contributed by atoms with Gasteiger partial charge in [0.1, 0.15) is 12.5 Å². The Labute approximate surface area is 68.1 Å². The van der Waals surface area contributed by atoms with Gasteiger partial charge in [0.25, 0.3) is 0 Å². The largest absolute Gasteiger partial charge is 0.308 e. The third-order valence-corrected chi connectivity index (χ3v) is 0.715. The zero-order chi connectivity index (χ0) is 8.95. The van der Waals surface area contributed by atoms with E-state index in [9.17, 15) is 0 Å². The highest BCUT2D eigenvalue weighted by Crippen LogP contribution is 1.78. The molecule has 0 N–H and O–H groups in total. The topological polar surface area (TPSA) is 27.7 Å². The lowest BCUT2D eigenvalue weighted by atomic mass is 10.4. The van der Waals surface area contributed by atoms with Crippen molar-refractivity contribution in [1.82, 2.24) is 0 Å². The first kappa shape index (κ1) is 12.7. The highest BCUT2D eigenvalue weighted by atomic mass is 17.5. The molecule has 0 heterocycles. The van der Waals surface area contributed by atoms with Crippen LogP contribution in [0.3, 0.4) is 0 Å². The minimum absolute atomic E-state index is 1.09. The molecule has 0 rings (SSSR count). The normalized spacial score (nSPS) is 7.09. The van der Waals surface area contributed by atoms with E-state index in [1.165, 1.54) is 12.8 Å². The first-order valence-electron chi connectivity index (χ1n) is 3.54. The zero-order valence-corrected chi connectivity index (χ0v) is 7.21. The van der Waals surface area contributed by atoms with E-state index in [0.717, 1.165) is 12.5 Å². The van der Waals surface area contributed by atoms with E-state index in [0.29, 0.717) is 0 Å². The van der Waals surface area contributed by atoms with Crippen LogP contribution in [0.2, 0.25) is 0 Å². The summed E-state index contributed by atoms with van der Waals surface area (Å²) < 4.78 is 0. The first-order valence-corrected chi connectivity index (χ1v) is 3.54. The van der Waals surface area contributed by atoms with Crippen LogP contribution < -0.4 is 0 Å². The average molecular weight is 160 g/mol. The molecule has 0 aromatic carbocycles. The Bertz CT molecular complexity index is 71.4. The third-order valence-electron chi connectivity index (χ3n) is 0.715. The maximum Gasteiger partial charge on any atom is 0.126 e. The Morgan fingerprint density at radius 3 is 1.55 bits per heavy atom. The van der Waals surface area contributed by atoms with Crippen molar-refractivity contribution in [2.24, 2.45) is 0 Å². The lowest BCUT2D eigenvalue weighted by Crippen LogP contribution is -1.80. The van der Waals surface area contributed by atoms with Crippen molar-refractivity contribution in [2.75, 3.05) is 0 Å². The molecule has 0 saturated carbocycles. The molecule has 0 atom stereocenters. The highest BCUT2D eigenvalue weighted by molar-refractivity contribution is 4.43. The van der Waals surface area contributed by atoms with Crippen molar-refractivity contribution in [3.63, 3.8) is 0 Å². The third kappa shape index (κ3) is 27.5. The van der Waals surface area contributed by atoms with E-state index in [1.807, 2.05) is 0 Å². The van der Waals surface area contributed by atoms with E-state index < -0.39 is 0 Å². The molecule has 0 aromatic rings. The summed E-state index contributed by atoms with van der Waals surface area (Å²) in [6, 6.07) is 0. The monoisotopic (exact) mass is 160 g/mol. The summed E-state index contributed by atoms with van der Waals surface area (Å²) in [7, 11) is 0. The van der Waals surface area contributed by atoms with Crippen LogP contribution in [-0.2, 0) is 14.8 Å². The van der Waals surface area contributed by atoms with Crippen molar-refractivity contribution in [3.05, 3.63) is 25.7 Å². The minimum Gasteiger partial charge on any atom is -0.308 e. The summed E-state index contributed by atoms with van der Waals surface area (Å²) >= 11 is 0. The van der Waals surface area contributed by atoms with Crippen molar-refractivity contribution >= 4 is 0 Å². The van der Waals surface area contributed by atoms with Crippen LogP contribution in [0.4, 0.5) is 0 Å². The summed E-state index contributed by atoms with van der Waals surface area (Å²) in [4.78, 5) is 8.09. The van der Waals surface area contributed by atoms with Gasteiger partial charge in [-0.3, -0.25) is 0 Å². The van der Waals surface area contributed by atoms with Gasteiger partial charge in [0.15, 0.2) is 0 Å². The van der Waals surface area contributed by atoms with Crippen molar-refractivity contribution in [2.45, 2.75) is 26.7 Å². The van der Waals surface area contributed by atoms with Crippen molar-refractivity contribution in [1.29, 1.82) is 0 Å². The molecule has 0 saturated heterocycles. The van der Waals surface area contributed by atoms with Crippen LogP contribution in [-0.4, -0.2) is 0 Å². The van der Waals surface area contributed by atoms with Crippen LogP contribution >= 0.6 is 0 Å². The Kier molecular flexibility index (Phi) is 18.5. The van der Waals surface area contributed by atoms with Gasteiger partial charge in [-0.1, -0.05) is 39.8 Å². The van der Waals surface area contributed by atoms with E-state index in [2.05, 4.69) is 41.8 Å². The minimum atomic E-state index is 1.09. The van der Waals surface area contributed by atoms with Gasteiger partial charge < -0.3 is 9.78 Å². The molecule has 0 bridgehead atoms. The van der Waals surface area contributed by atoms with Gasteiger partial charge in [-0.15, -0.1) is 0 Å². The maximum atomic E-state index is 4.04. The highest BCUT2D eigenvalue weighted by Gasteiger charge is 1.69. The fourth-order valence-corrected chi connectivity index (χ4v) is 0.0782. The van der Waals surface area contributed by atoms with E-state index in [1.54, 1.807) is 0 Å². The van der Waals surface area contributed by atoms with Crippen molar-refractivity contribution in [3.8, 4) is 0 Å². The van der Waals surface area contributed by atoms with Gasteiger partial charge in [0, 0.05) is 5.04 Å². The van der Waals surface area contributed by atoms with E-state index in [4.69, 9.17) is 0 Å². The number of hydrogen-bond donors (Lipinski definition) is 0. The van der Waals surface area contributed by atoms with Gasteiger partial charge in [-0.2, -0.15) is 0 Å². The Balaban J connectivity index is 0. The van der Waals surface area contributed by atoms with Gasteiger partial charge in [0.05, 0.1) is 0 Å².